The molecule has 6 heteroatoms. The van der Waals surface area contributed by atoms with Gasteiger partial charge in [0, 0.05) is 10.0 Å². The van der Waals surface area contributed by atoms with E-state index in [2.05, 4.69) is 42.0 Å². The highest BCUT2D eigenvalue weighted by Gasteiger charge is 2.20. The molecule has 0 saturated heterocycles. The summed E-state index contributed by atoms with van der Waals surface area (Å²) in [7, 11) is 0. The van der Waals surface area contributed by atoms with Crippen LogP contribution in [0.25, 0.3) is 0 Å². The minimum absolute atomic E-state index is 0.101. The van der Waals surface area contributed by atoms with Crippen molar-refractivity contribution in [1.29, 1.82) is 0 Å². The third-order valence-electron chi connectivity index (χ3n) is 4.62. The summed E-state index contributed by atoms with van der Waals surface area (Å²) in [4.78, 5) is 12.6. The van der Waals surface area contributed by atoms with Crippen molar-refractivity contribution in [2.24, 2.45) is 0 Å². The second-order valence-corrected chi connectivity index (χ2v) is 9.15. The SMILES string of the molecule is CC(C)(C)c1cc(Br)ccc1OCC(=O)Nc1ccccc1OCCOc1ccccc1. The summed E-state index contributed by atoms with van der Waals surface area (Å²) < 4.78 is 18.3. The lowest BCUT2D eigenvalue weighted by atomic mass is 9.86. The van der Waals surface area contributed by atoms with Crippen LogP contribution in [0.5, 0.6) is 17.2 Å². The van der Waals surface area contributed by atoms with Crippen molar-refractivity contribution in [1.82, 2.24) is 0 Å². The molecule has 0 bridgehead atoms. The summed E-state index contributed by atoms with van der Waals surface area (Å²) in [6, 6.07) is 22.7. The Kier molecular flexibility index (Phi) is 8.17. The number of nitrogens with one attached hydrogen (secondary N) is 1. The van der Waals surface area contributed by atoms with E-state index in [1.54, 1.807) is 6.07 Å². The van der Waals surface area contributed by atoms with Gasteiger partial charge in [0.05, 0.1) is 5.69 Å². The van der Waals surface area contributed by atoms with E-state index in [9.17, 15) is 4.79 Å². The Morgan fingerprint density at radius 3 is 2.28 bits per heavy atom. The predicted octanol–water partition coefficient (Wildman–Crippen LogP) is 6.22. The van der Waals surface area contributed by atoms with Crippen LogP contribution in [-0.2, 0) is 10.2 Å². The lowest BCUT2D eigenvalue weighted by molar-refractivity contribution is -0.118. The molecule has 0 heterocycles. The van der Waals surface area contributed by atoms with Gasteiger partial charge in [-0.2, -0.15) is 0 Å². The highest BCUT2D eigenvalue weighted by molar-refractivity contribution is 9.10. The number of carbonyl (C=O) groups is 1. The molecule has 5 nitrogen and oxygen atoms in total. The van der Waals surface area contributed by atoms with Crippen LogP contribution in [0, 0.1) is 0 Å². The Labute approximate surface area is 197 Å². The summed E-state index contributed by atoms with van der Waals surface area (Å²) >= 11 is 3.50. The molecule has 3 rings (SSSR count). The fourth-order valence-electron chi connectivity index (χ4n) is 3.07. The quantitative estimate of drug-likeness (QED) is 0.356. The summed E-state index contributed by atoms with van der Waals surface area (Å²) in [5.41, 5.74) is 1.51. The molecule has 0 spiro atoms. The normalized spacial score (nSPS) is 11.0. The third kappa shape index (κ3) is 7.02. The first-order valence-corrected chi connectivity index (χ1v) is 11.2. The predicted molar refractivity (Wildman–Crippen MR) is 131 cm³/mol. The summed E-state index contributed by atoms with van der Waals surface area (Å²) in [5.74, 6) is 1.80. The molecule has 0 radical (unpaired) electrons. The first-order valence-electron chi connectivity index (χ1n) is 10.5. The lowest BCUT2D eigenvalue weighted by Gasteiger charge is -2.23. The molecular formula is C26H28BrNO4. The van der Waals surface area contributed by atoms with Crippen molar-refractivity contribution in [3.05, 3.63) is 82.8 Å². The second-order valence-electron chi connectivity index (χ2n) is 8.23. The monoisotopic (exact) mass is 497 g/mol. The number of ether oxygens (including phenoxy) is 3. The van der Waals surface area contributed by atoms with Crippen LogP contribution in [0.4, 0.5) is 5.69 Å². The highest BCUT2D eigenvalue weighted by atomic mass is 79.9. The van der Waals surface area contributed by atoms with E-state index in [1.165, 1.54) is 0 Å². The van der Waals surface area contributed by atoms with Gasteiger partial charge in [-0.05, 0) is 47.9 Å². The van der Waals surface area contributed by atoms with Gasteiger partial charge in [-0.3, -0.25) is 4.79 Å². The Bertz CT molecular complexity index is 1030. The van der Waals surface area contributed by atoms with Crippen molar-refractivity contribution in [3.8, 4) is 17.2 Å². The van der Waals surface area contributed by atoms with Crippen LogP contribution in [0.2, 0.25) is 0 Å². The molecule has 1 N–H and O–H groups in total. The third-order valence-corrected chi connectivity index (χ3v) is 5.12. The molecule has 0 unspecified atom stereocenters. The smallest absolute Gasteiger partial charge is 0.262 e. The minimum atomic E-state index is -0.260. The maximum absolute atomic E-state index is 12.6. The van der Waals surface area contributed by atoms with Gasteiger partial charge in [0.1, 0.15) is 30.5 Å². The van der Waals surface area contributed by atoms with Crippen LogP contribution < -0.4 is 19.5 Å². The number of rotatable bonds is 9. The van der Waals surface area contributed by atoms with Crippen molar-refractivity contribution in [2.45, 2.75) is 26.2 Å². The van der Waals surface area contributed by atoms with E-state index < -0.39 is 0 Å². The number of halogens is 1. The first-order chi connectivity index (χ1) is 15.3. The molecule has 0 aliphatic rings. The van der Waals surface area contributed by atoms with E-state index in [-0.39, 0.29) is 17.9 Å². The fourth-order valence-corrected chi connectivity index (χ4v) is 3.43. The number of benzene rings is 3. The van der Waals surface area contributed by atoms with Crippen LogP contribution in [0.3, 0.4) is 0 Å². The number of para-hydroxylation sites is 3. The van der Waals surface area contributed by atoms with Gasteiger partial charge in [0.25, 0.3) is 5.91 Å². The number of anilines is 1. The van der Waals surface area contributed by atoms with Gasteiger partial charge in [0.15, 0.2) is 6.61 Å². The average Bonchev–Trinajstić information content (AvgIpc) is 2.77. The van der Waals surface area contributed by atoms with Crippen LogP contribution >= 0.6 is 15.9 Å². The van der Waals surface area contributed by atoms with Gasteiger partial charge in [-0.1, -0.05) is 67.0 Å². The molecule has 0 aliphatic heterocycles. The van der Waals surface area contributed by atoms with E-state index >= 15 is 0 Å². The van der Waals surface area contributed by atoms with Gasteiger partial charge >= 0.3 is 0 Å². The molecule has 0 saturated carbocycles. The molecular weight excluding hydrogens is 470 g/mol. The zero-order valence-corrected chi connectivity index (χ0v) is 20.1. The number of carbonyl (C=O) groups excluding carboxylic acids is 1. The van der Waals surface area contributed by atoms with Gasteiger partial charge in [0.2, 0.25) is 0 Å². The number of amides is 1. The van der Waals surface area contributed by atoms with E-state index in [4.69, 9.17) is 14.2 Å². The molecule has 32 heavy (non-hydrogen) atoms. The highest BCUT2D eigenvalue weighted by Crippen LogP contribution is 2.33. The van der Waals surface area contributed by atoms with Crippen LogP contribution in [0.1, 0.15) is 26.3 Å². The Morgan fingerprint density at radius 1 is 0.844 bits per heavy atom. The molecule has 0 fully saturated rings. The largest absolute Gasteiger partial charge is 0.490 e. The van der Waals surface area contributed by atoms with E-state index in [0.29, 0.717) is 30.4 Å². The first kappa shape index (κ1) is 23.7. The van der Waals surface area contributed by atoms with Crippen molar-refractivity contribution < 1.29 is 19.0 Å². The molecule has 3 aromatic carbocycles. The van der Waals surface area contributed by atoms with Gasteiger partial charge < -0.3 is 19.5 Å². The summed E-state index contributed by atoms with van der Waals surface area (Å²) in [6.45, 7) is 6.97. The Morgan fingerprint density at radius 2 is 1.53 bits per heavy atom. The van der Waals surface area contributed by atoms with E-state index in [1.807, 2.05) is 66.7 Å². The average molecular weight is 498 g/mol. The number of hydrogen-bond donors (Lipinski definition) is 1. The van der Waals surface area contributed by atoms with Gasteiger partial charge in [-0.25, -0.2) is 0 Å². The zero-order chi connectivity index (χ0) is 23.0. The molecule has 168 valence electrons. The minimum Gasteiger partial charge on any atom is -0.490 e. The molecule has 1 amide bonds. The molecule has 0 aliphatic carbocycles. The summed E-state index contributed by atoms with van der Waals surface area (Å²) in [6.07, 6.45) is 0. The van der Waals surface area contributed by atoms with E-state index in [0.717, 1.165) is 15.8 Å². The van der Waals surface area contributed by atoms with Crippen LogP contribution in [-0.4, -0.2) is 25.7 Å². The molecule has 0 atom stereocenters. The topological polar surface area (TPSA) is 56.8 Å². The van der Waals surface area contributed by atoms with Crippen molar-refractivity contribution in [2.75, 3.05) is 25.1 Å². The lowest BCUT2D eigenvalue weighted by Crippen LogP contribution is -2.22. The van der Waals surface area contributed by atoms with Crippen LogP contribution in [0.15, 0.2) is 77.3 Å². The van der Waals surface area contributed by atoms with Crippen molar-refractivity contribution in [3.63, 3.8) is 0 Å². The maximum atomic E-state index is 12.6. The summed E-state index contributed by atoms with van der Waals surface area (Å²) in [5, 5.41) is 2.87. The fraction of sp³-hybridized carbons (Fsp3) is 0.269. The molecule has 3 aromatic rings. The second kappa shape index (κ2) is 11.0. The standard InChI is InChI=1S/C26H28BrNO4/c1-26(2,3)21-17-19(27)13-14-23(21)32-18-25(29)28-22-11-7-8-12-24(22)31-16-15-30-20-9-5-4-6-10-20/h4-14,17H,15-16,18H2,1-3H3,(H,28,29). The maximum Gasteiger partial charge on any atom is 0.262 e. The Balaban J connectivity index is 1.55. The zero-order valence-electron chi connectivity index (χ0n) is 18.6. The number of hydrogen-bond acceptors (Lipinski definition) is 4. The van der Waals surface area contributed by atoms with Gasteiger partial charge in [-0.15, -0.1) is 0 Å². The molecule has 0 aromatic heterocycles. The van der Waals surface area contributed by atoms with Crippen molar-refractivity contribution >= 4 is 27.5 Å². The Hall–Kier alpha value is -2.99.